The van der Waals surface area contributed by atoms with Crippen molar-refractivity contribution in [2.45, 2.75) is 38.6 Å². The number of nitrogens with two attached hydrogens (primary N) is 1. The maximum atomic E-state index is 5.62. The van der Waals surface area contributed by atoms with Gasteiger partial charge >= 0.3 is 0 Å². The number of hydrogen-bond donors (Lipinski definition) is 3. The van der Waals surface area contributed by atoms with Crippen LogP contribution in [0.5, 0.6) is 11.5 Å². The second kappa shape index (κ2) is 9.64. The van der Waals surface area contributed by atoms with Crippen LogP contribution in [0.2, 0.25) is 0 Å². The quantitative estimate of drug-likeness (QED) is 0.391. The van der Waals surface area contributed by atoms with E-state index in [1.807, 2.05) is 18.2 Å². The molecular weight excluding hydrogens is 330 g/mol. The first-order valence-electron chi connectivity index (χ1n) is 9.65. The van der Waals surface area contributed by atoms with Gasteiger partial charge in [0.2, 0.25) is 6.79 Å². The Bertz CT molecular complexity index is 608. The molecule has 1 unspecified atom stereocenters. The van der Waals surface area contributed by atoms with Crippen molar-refractivity contribution in [2.24, 2.45) is 10.7 Å². The van der Waals surface area contributed by atoms with Crippen LogP contribution in [0.3, 0.4) is 0 Å². The number of hydrogen-bond acceptors (Lipinski definition) is 5. The van der Waals surface area contributed by atoms with Crippen molar-refractivity contribution in [1.29, 1.82) is 0 Å². The molecule has 0 saturated carbocycles. The average molecular weight is 361 g/mol. The molecule has 0 aromatic heterocycles. The van der Waals surface area contributed by atoms with E-state index in [1.54, 1.807) is 0 Å². The lowest BCUT2D eigenvalue weighted by molar-refractivity contribution is 0.160. The average Bonchev–Trinajstić information content (AvgIpc) is 3.12. The largest absolute Gasteiger partial charge is 0.454 e. The summed E-state index contributed by atoms with van der Waals surface area (Å²) in [5.74, 6) is 2.29. The van der Waals surface area contributed by atoms with Gasteiger partial charge in [-0.05, 0) is 44.9 Å². The lowest BCUT2D eigenvalue weighted by Crippen LogP contribution is -2.38. The minimum absolute atomic E-state index is 0.278. The lowest BCUT2D eigenvalue weighted by atomic mass is 10.0. The molecule has 0 spiro atoms. The maximum absolute atomic E-state index is 5.62. The van der Waals surface area contributed by atoms with Crippen molar-refractivity contribution in [1.82, 2.24) is 10.2 Å². The van der Waals surface area contributed by atoms with Gasteiger partial charge in [0.15, 0.2) is 17.5 Å². The van der Waals surface area contributed by atoms with Crippen LogP contribution < -0.4 is 25.8 Å². The van der Waals surface area contributed by atoms with Crippen LogP contribution in [0.25, 0.3) is 0 Å². The fourth-order valence-corrected chi connectivity index (χ4v) is 3.40. The van der Waals surface area contributed by atoms with Crippen LogP contribution in [0.4, 0.5) is 5.69 Å². The number of nitrogens with zero attached hydrogens (tertiary/aromatic N) is 2. The van der Waals surface area contributed by atoms with Crippen molar-refractivity contribution in [2.75, 3.05) is 44.8 Å². The molecule has 0 aliphatic carbocycles. The molecule has 7 heteroatoms. The highest BCUT2D eigenvalue weighted by Crippen LogP contribution is 2.34. The maximum Gasteiger partial charge on any atom is 0.231 e. The number of nitrogens with one attached hydrogen (secondary N) is 2. The normalized spacial score (nSPS) is 20.2. The van der Waals surface area contributed by atoms with E-state index < -0.39 is 0 Å². The number of guanidine groups is 1. The van der Waals surface area contributed by atoms with Crippen molar-refractivity contribution < 1.29 is 9.47 Å². The third-order valence-electron chi connectivity index (χ3n) is 4.89. The first-order chi connectivity index (χ1) is 12.8. The molecule has 1 saturated heterocycles. The van der Waals surface area contributed by atoms with Crippen LogP contribution in [0.1, 0.15) is 32.6 Å². The summed E-state index contributed by atoms with van der Waals surface area (Å²) in [5, 5.41) is 6.59. The molecule has 0 amide bonds. The lowest BCUT2D eigenvalue weighted by Gasteiger charge is -2.33. The Morgan fingerprint density at radius 1 is 1.31 bits per heavy atom. The van der Waals surface area contributed by atoms with Crippen LogP contribution in [0, 0.1) is 0 Å². The Morgan fingerprint density at radius 3 is 3.04 bits per heavy atom. The summed E-state index contributed by atoms with van der Waals surface area (Å²) in [6.45, 7) is 6.97. The van der Waals surface area contributed by atoms with Gasteiger partial charge in [0, 0.05) is 44.0 Å². The van der Waals surface area contributed by atoms with E-state index in [0.717, 1.165) is 42.7 Å². The summed E-state index contributed by atoms with van der Waals surface area (Å²) in [5.41, 5.74) is 6.54. The molecule has 3 rings (SSSR count). The van der Waals surface area contributed by atoms with E-state index in [-0.39, 0.29) is 6.79 Å². The van der Waals surface area contributed by atoms with Gasteiger partial charge in [0.05, 0.1) is 0 Å². The zero-order chi connectivity index (χ0) is 18.2. The van der Waals surface area contributed by atoms with Crippen molar-refractivity contribution in [3.8, 4) is 11.5 Å². The molecular formula is C19H31N5O2. The third kappa shape index (κ3) is 5.25. The standard InChI is InChI=1S/C19H31N5O2/c1-15-5-2-3-11-24(15)12-4-9-21-19(22-10-8-20)23-16-6-7-17-18(13-16)26-14-25-17/h6-7,13,15H,2-5,8-12,14,20H2,1H3,(H2,21,22,23). The molecule has 7 nitrogen and oxygen atoms in total. The Kier molecular flexibility index (Phi) is 6.96. The minimum atomic E-state index is 0.278. The molecule has 0 radical (unpaired) electrons. The number of aliphatic imine (C=N–C) groups is 1. The van der Waals surface area contributed by atoms with Gasteiger partial charge in [-0.3, -0.25) is 4.99 Å². The first-order valence-corrected chi connectivity index (χ1v) is 9.65. The highest BCUT2D eigenvalue weighted by Gasteiger charge is 2.17. The topological polar surface area (TPSA) is 84.1 Å². The monoisotopic (exact) mass is 361 g/mol. The number of ether oxygens (including phenoxy) is 2. The van der Waals surface area contributed by atoms with E-state index in [9.17, 15) is 0 Å². The Balaban J connectivity index is 1.52. The Labute approximate surface area is 155 Å². The molecule has 4 N–H and O–H groups in total. The smallest absolute Gasteiger partial charge is 0.231 e. The number of anilines is 1. The molecule has 2 heterocycles. The van der Waals surface area contributed by atoms with Gasteiger partial charge in [-0.2, -0.15) is 0 Å². The molecule has 1 fully saturated rings. The van der Waals surface area contributed by atoms with Gasteiger partial charge < -0.3 is 30.7 Å². The minimum Gasteiger partial charge on any atom is -0.454 e. The van der Waals surface area contributed by atoms with Gasteiger partial charge in [0.1, 0.15) is 0 Å². The van der Waals surface area contributed by atoms with E-state index in [1.165, 1.54) is 25.8 Å². The SMILES string of the molecule is CC1CCCCN1CCCN=C(NCCN)Nc1ccc2c(c1)OCO2. The zero-order valence-corrected chi connectivity index (χ0v) is 15.7. The zero-order valence-electron chi connectivity index (χ0n) is 15.7. The van der Waals surface area contributed by atoms with Crippen LogP contribution in [-0.2, 0) is 0 Å². The second-order valence-corrected chi connectivity index (χ2v) is 6.87. The summed E-state index contributed by atoms with van der Waals surface area (Å²) in [7, 11) is 0. The predicted molar refractivity (Wildman–Crippen MR) is 105 cm³/mol. The molecule has 2 aliphatic rings. The highest BCUT2D eigenvalue weighted by atomic mass is 16.7. The van der Waals surface area contributed by atoms with Crippen molar-refractivity contribution in [3.05, 3.63) is 18.2 Å². The van der Waals surface area contributed by atoms with Crippen molar-refractivity contribution in [3.63, 3.8) is 0 Å². The van der Waals surface area contributed by atoms with E-state index >= 15 is 0 Å². The molecule has 1 aromatic rings. The van der Waals surface area contributed by atoms with Gasteiger partial charge in [-0.15, -0.1) is 0 Å². The Morgan fingerprint density at radius 2 is 2.19 bits per heavy atom. The third-order valence-corrected chi connectivity index (χ3v) is 4.89. The first kappa shape index (κ1) is 18.8. The summed E-state index contributed by atoms with van der Waals surface area (Å²) in [4.78, 5) is 7.28. The molecule has 1 aromatic carbocycles. The van der Waals surface area contributed by atoms with Crippen LogP contribution in [0.15, 0.2) is 23.2 Å². The summed E-state index contributed by atoms with van der Waals surface area (Å²) in [6.07, 6.45) is 5.06. The number of benzene rings is 1. The summed E-state index contributed by atoms with van der Waals surface area (Å²) in [6, 6.07) is 6.50. The molecule has 26 heavy (non-hydrogen) atoms. The van der Waals surface area contributed by atoms with Crippen molar-refractivity contribution >= 4 is 11.6 Å². The van der Waals surface area contributed by atoms with E-state index in [4.69, 9.17) is 20.2 Å². The second-order valence-electron chi connectivity index (χ2n) is 6.87. The summed E-state index contributed by atoms with van der Waals surface area (Å²) < 4.78 is 10.8. The molecule has 2 aliphatic heterocycles. The van der Waals surface area contributed by atoms with Crippen LogP contribution in [-0.4, -0.2) is 56.4 Å². The number of piperidine rings is 1. The molecule has 1 atom stereocenters. The fourth-order valence-electron chi connectivity index (χ4n) is 3.40. The van der Waals surface area contributed by atoms with E-state index in [0.29, 0.717) is 19.1 Å². The van der Waals surface area contributed by atoms with Gasteiger partial charge in [-0.1, -0.05) is 6.42 Å². The predicted octanol–water partition coefficient (Wildman–Crippen LogP) is 2.00. The van der Waals surface area contributed by atoms with Crippen LogP contribution >= 0.6 is 0 Å². The van der Waals surface area contributed by atoms with Gasteiger partial charge in [0.25, 0.3) is 0 Å². The van der Waals surface area contributed by atoms with E-state index in [2.05, 4.69) is 22.5 Å². The number of fused-ring (bicyclic) bond motifs is 1. The number of likely N-dealkylation sites (tertiary alicyclic amines) is 1. The molecule has 0 bridgehead atoms. The number of rotatable bonds is 7. The van der Waals surface area contributed by atoms with Gasteiger partial charge in [-0.25, -0.2) is 0 Å². The summed E-state index contributed by atoms with van der Waals surface area (Å²) >= 11 is 0. The molecule has 144 valence electrons. The fraction of sp³-hybridized carbons (Fsp3) is 0.632. The highest BCUT2D eigenvalue weighted by molar-refractivity contribution is 5.94. The Hall–Kier alpha value is -1.99.